The van der Waals surface area contributed by atoms with Gasteiger partial charge >= 0.3 is 12.0 Å². The van der Waals surface area contributed by atoms with Gasteiger partial charge in [-0.1, -0.05) is 6.92 Å². The lowest BCUT2D eigenvalue weighted by Gasteiger charge is -2.21. The predicted octanol–water partition coefficient (Wildman–Crippen LogP) is 0.313. The average molecular weight is 294 g/mol. The molecule has 0 spiro atoms. The molecule has 6 nitrogen and oxygen atoms in total. The van der Waals surface area contributed by atoms with Crippen LogP contribution in [0.15, 0.2) is 0 Å². The van der Waals surface area contributed by atoms with Crippen LogP contribution < -0.4 is 5.32 Å². The van der Waals surface area contributed by atoms with Crippen molar-refractivity contribution in [3.8, 4) is 0 Å². The first-order valence-electron chi connectivity index (χ1n) is 5.60. The van der Waals surface area contributed by atoms with E-state index in [0.29, 0.717) is 24.6 Å². The molecule has 3 atom stereocenters. The number of carboxylic acid groups (broad SMARTS) is 1. The van der Waals surface area contributed by atoms with Crippen molar-refractivity contribution in [2.45, 2.75) is 24.6 Å². The lowest BCUT2D eigenvalue weighted by atomic mass is 10.3. The van der Waals surface area contributed by atoms with E-state index in [1.807, 2.05) is 6.92 Å². The molecule has 3 unspecified atom stereocenters. The van der Waals surface area contributed by atoms with E-state index in [0.717, 1.165) is 0 Å². The summed E-state index contributed by atoms with van der Waals surface area (Å²) in [6.07, 6.45) is 2.25. The summed E-state index contributed by atoms with van der Waals surface area (Å²) in [6.45, 7) is 2.26. The van der Waals surface area contributed by atoms with Gasteiger partial charge in [-0.25, -0.2) is 9.59 Å². The predicted molar refractivity (Wildman–Crippen MR) is 72.1 cm³/mol. The highest BCUT2D eigenvalue weighted by Gasteiger charge is 2.34. The minimum absolute atomic E-state index is 0.0218. The fourth-order valence-corrected chi connectivity index (χ4v) is 3.09. The van der Waals surface area contributed by atoms with Gasteiger partial charge in [-0.3, -0.25) is 4.21 Å². The van der Waals surface area contributed by atoms with Crippen LogP contribution in [0.2, 0.25) is 0 Å². The summed E-state index contributed by atoms with van der Waals surface area (Å²) in [5.41, 5.74) is 0. The molecule has 104 valence electrons. The van der Waals surface area contributed by atoms with E-state index < -0.39 is 22.8 Å². The van der Waals surface area contributed by atoms with Gasteiger partial charge in [-0.15, -0.1) is 11.8 Å². The molecule has 1 rings (SSSR count). The molecule has 18 heavy (non-hydrogen) atoms. The molecule has 0 aromatic heterocycles. The van der Waals surface area contributed by atoms with E-state index in [1.165, 1.54) is 16.7 Å². The third-order valence-corrected chi connectivity index (χ3v) is 5.20. The number of carbonyl (C=O) groups is 2. The third kappa shape index (κ3) is 4.16. The molecule has 2 N–H and O–H groups in total. The topological polar surface area (TPSA) is 86.7 Å². The molecular weight excluding hydrogens is 276 g/mol. The summed E-state index contributed by atoms with van der Waals surface area (Å²) in [6, 6.07) is -1.10. The molecule has 0 radical (unpaired) electrons. The highest BCUT2D eigenvalue weighted by molar-refractivity contribution is 7.99. The highest BCUT2D eigenvalue weighted by atomic mass is 32.2. The molecule has 1 heterocycles. The van der Waals surface area contributed by atoms with E-state index in [2.05, 4.69) is 5.32 Å². The minimum atomic E-state index is -0.974. The van der Waals surface area contributed by atoms with Crippen molar-refractivity contribution in [2.24, 2.45) is 0 Å². The van der Waals surface area contributed by atoms with Gasteiger partial charge in [0.15, 0.2) is 0 Å². The van der Waals surface area contributed by atoms with Crippen LogP contribution >= 0.6 is 11.8 Å². The lowest BCUT2D eigenvalue weighted by Crippen LogP contribution is -2.47. The third-order valence-electron chi connectivity index (χ3n) is 2.82. The second-order valence-electron chi connectivity index (χ2n) is 4.15. The Morgan fingerprint density at radius 1 is 1.61 bits per heavy atom. The zero-order valence-electron chi connectivity index (χ0n) is 10.4. The molecule has 0 aromatic carbocycles. The van der Waals surface area contributed by atoms with Crippen molar-refractivity contribution in [2.75, 3.05) is 24.4 Å². The molecule has 1 aliphatic heterocycles. The highest BCUT2D eigenvalue weighted by Crippen LogP contribution is 2.20. The molecular formula is C10H18N2O4S2. The number of thioether (sulfide) groups is 1. The van der Waals surface area contributed by atoms with Crippen LogP contribution in [0.25, 0.3) is 0 Å². The molecule has 0 aliphatic carbocycles. The van der Waals surface area contributed by atoms with Crippen molar-refractivity contribution in [1.82, 2.24) is 10.2 Å². The molecule has 1 fully saturated rings. The first-order chi connectivity index (χ1) is 8.43. The molecule has 8 heteroatoms. The van der Waals surface area contributed by atoms with Crippen LogP contribution in [0, 0.1) is 0 Å². The van der Waals surface area contributed by atoms with E-state index in [-0.39, 0.29) is 11.3 Å². The number of hydrogen-bond acceptors (Lipinski definition) is 4. The van der Waals surface area contributed by atoms with Crippen LogP contribution in [-0.4, -0.2) is 61.9 Å². The molecule has 2 amide bonds. The molecule has 0 aromatic rings. The van der Waals surface area contributed by atoms with Gasteiger partial charge in [0.2, 0.25) is 0 Å². The van der Waals surface area contributed by atoms with Gasteiger partial charge in [0.05, 0.1) is 5.88 Å². The van der Waals surface area contributed by atoms with Gasteiger partial charge in [0.1, 0.15) is 6.04 Å². The van der Waals surface area contributed by atoms with E-state index in [9.17, 15) is 13.8 Å². The summed E-state index contributed by atoms with van der Waals surface area (Å²) in [7, 11) is -0.904. The minimum Gasteiger partial charge on any atom is -0.480 e. The number of carboxylic acids is 1. The first-order valence-corrected chi connectivity index (χ1v) is 8.38. The Hall–Kier alpha value is -0.760. The van der Waals surface area contributed by atoms with E-state index in [4.69, 9.17) is 5.11 Å². The van der Waals surface area contributed by atoms with Gasteiger partial charge in [0.25, 0.3) is 0 Å². The molecule has 0 bridgehead atoms. The van der Waals surface area contributed by atoms with Crippen LogP contribution in [0.4, 0.5) is 4.79 Å². The van der Waals surface area contributed by atoms with E-state index in [1.54, 1.807) is 6.26 Å². The van der Waals surface area contributed by atoms with Crippen molar-refractivity contribution in [1.29, 1.82) is 0 Å². The number of carbonyl (C=O) groups excluding carboxylic acids is 1. The second kappa shape index (κ2) is 6.98. The number of amides is 2. The number of hydrogen-bond donors (Lipinski definition) is 2. The standard InChI is InChI=1S/C10H18N2O4S2/c1-7(18(2)16)3-4-11-10(15)12-6-17-5-8(12)9(13)14/h7-8H,3-6H2,1-2H3,(H,11,15)(H,13,14). The second-order valence-corrected chi connectivity index (χ2v) is 6.96. The maximum atomic E-state index is 11.8. The molecule has 1 saturated heterocycles. The SMILES string of the molecule is CC(CCNC(=O)N1CSCC1C(=O)O)S(C)=O. The molecule has 1 aliphatic rings. The summed E-state index contributed by atoms with van der Waals surface area (Å²) in [5.74, 6) is -0.144. The van der Waals surface area contributed by atoms with Gasteiger partial charge in [-0.2, -0.15) is 0 Å². The maximum Gasteiger partial charge on any atom is 0.327 e. The van der Waals surface area contributed by atoms with Crippen molar-refractivity contribution >= 4 is 34.6 Å². The number of rotatable bonds is 5. The van der Waals surface area contributed by atoms with Crippen LogP contribution in [-0.2, 0) is 15.6 Å². The lowest BCUT2D eigenvalue weighted by molar-refractivity contribution is -0.140. The first kappa shape index (κ1) is 15.3. The maximum absolute atomic E-state index is 11.8. The Morgan fingerprint density at radius 3 is 2.83 bits per heavy atom. The summed E-state index contributed by atoms with van der Waals surface area (Å²) in [5, 5.41) is 11.6. The number of urea groups is 1. The quantitative estimate of drug-likeness (QED) is 0.762. The van der Waals surface area contributed by atoms with E-state index >= 15 is 0 Å². The summed E-state index contributed by atoms with van der Waals surface area (Å²) in [4.78, 5) is 24.0. The zero-order valence-corrected chi connectivity index (χ0v) is 12.1. The number of nitrogens with one attached hydrogen (secondary N) is 1. The average Bonchev–Trinajstić information content (AvgIpc) is 2.77. The fourth-order valence-electron chi connectivity index (χ4n) is 1.50. The van der Waals surface area contributed by atoms with Gasteiger partial charge in [-0.05, 0) is 6.42 Å². The van der Waals surface area contributed by atoms with Gasteiger partial charge in [0, 0.05) is 34.6 Å². The Balaban J connectivity index is 2.37. The monoisotopic (exact) mass is 294 g/mol. The summed E-state index contributed by atoms with van der Waals surface area (Å²) >= 11 is 1.43. The zero-order chi connectivity index (χ0) is 13.7. The fraction of sp³-hybridized carbons (Fsp3) is 0.800. The Morgan fingerprint density at radius 2 is 2.28 bits per heavy atom. The Kier molecular flexibility index (Phi) is 5.94. The smallest absolute Gasteiger partial charge is 0.327 e. The summed E-state index contributed by atoms with van der Waals surface area (Å²) < 4.78 is 11.1. The largest absolute Gasteiger partial charge is 0.480 e. The van der Waals surface area contributed by atoms with Crippen molar-refractivity contribution in [3.05, 3.63) is 0 Å². The van der Waals surface area contributed by atoms with Crippen LogP contribution in [0.1, 0.15) is 13.3 Å². The van der Waals surface area contributed by atoms with Gasteiger partial charge < -0.3 is 15.3 Å². The van der Waals surface area contributed by atoms with Crippen molar-refractivity contribution in [3.63, 3.8) is 0 Å². The number of nitrogens with zero attached hydrogens (tertiary/aromatic N) is 1. The Labute approximate surface area is 113 Å². The number of aliphatic carboxylic acids is 1. The normalized spacial score (nSPS) is 22.6. The van der Waals surface area contributed by atoms with Crippen molar-refractivity contribution < 1.29 is 18.9 Å². The van der Waals surface area contributed by atoms with Crippen LogP contribution in [0.3, 0.4) is 0 Å². The molecule has 0 saturated carbocycles. The Bertz CT molecular complexity index is 351. The van der Waals surface area contributed by atoms with Crippen LogP contribution in [0.5, 0.6) is 0 Å².